The fraction of sp³-hybridized carbons (Fsp3) is 0.632. The van der Waals surface area contributed by atoms with Crippen LogP contribution in [0.1, 0.15) is 47.0 Å². The molecule has 0 heterocycles. The van der Waals surface area contributed by atoms with Gasteiger partial charge in [0, 0.05) is 13.3 Å². The van der Waals surface area contributed by atoms with Crippen molar-refractivity contribution in [3.05, 3.63) is 0 Å². The van der Waals surface area contributed by atoms with E-state index in [4.69, 9.17) is 10.2 Å². The lowest BCUT2D eigenvalue weighted by Crippen LogP contribution is -2.58. The van der Waals surface area contributed by atoms with Crippen LogP contribution >= 0.6 is 0 Å². The van der Waals surface area contributed by atoms with Crippen LogP contribution in [0.4, 0.5) is 0 Å². The van der Waals surface area contributed by atoms with Crippen molar-refractivity contribution >= 4 is 41.9 Å². The zero-order valence-electron chi connectivity index (χ0n) is 18.3. The normalized spacial score (nSPS) is 14.3. The quantitative estimate of drug-likeness (QED) is 0.161. The second kappa shape index (κ2) is 13.7. The average Bonchev–Trinajstić information content (AvgIpc) is 2.66. The van der Waals surface area contributed by atoms with Gasteiger partial charge >= 0.3 is 11.9 Å². The molecule has 0 rings (SSSR count). The molecule has 4 amide bonds. The molecule has 0 aromatic carbocycles. The first-order valence-corrected chi connectivity index (χ1v) is 9.85. The van der Waals surface area contributed by atoms with E-state index in [0.29, 0.717) is 0 Å². The van der Waals surface area contributed by atoms with Gasteiger partial charge in [-0.15, -0.1) is 0 Å². The molecule has 0 aliphatic rings. The van der Waals surface area contributed by atoms with Crippen molar-refractivity contribution in [2.24, 2.45) is 5.92 Å². The number of carboxylic acid groups (broad SMARTS) is 2. The fourth-order valence-electron chi connectivity index (χ4n) is 2.59. The van der Waals surface area contributed by atoms with Crippen LogP contribution in [0.5, 0.6) is 0 Å². The summed E-state index contributed by atoms with van der Waals surface area (Å²) in [5.74, 6) is -5.92. The van der Waals surface area contributed by atoms with Gasteiger partial charge in [-0.05, 0) is 19.3 Å². The number of carbonyl (C=O) groups is 7. The smallest absolute Gasteiger partial charge is 0.305 e. The number of hydrogen-bond donors (Lipinski definition) is 6. The van der Waals surface area contributed by atoms with Gasteiger partial charge in [0.1, 0.15) is 24.4 Å². The summed E-state index contributed by atoms with van der Waals surface area (Å²) in [7, 11) is 0. The van der Waals surface area contributed by atoms with Gasteiger partial charge in [0.05, 0.1) is 12.5 Å². The third-order valence-corrected chi connectivity index (χ3v) is 4.23. The predicted molar refractivity (Wildman–Crippen MR) is 109 cm³/mol. The van der Waals surface area contributed by atoms with Gasteiger partial charge in [-0.3, -0.25) is 28.8 Å². The molecule has 0 aromatic rings. The number of rotatable bonds is 14. The molecule has 6 N–H and O–H groups in total. The van der Waals surface area contributed by atoms with Crippen molar-refractivity contribution in [2.75, 3.05) is 0 Å². The zero-order chi connectivity index (χ0) is 25.0. The Labute approximate surface area is 184 Å². The van der Waals surface area contributed by atoms with E-state index in [0.717, 1.165) is 0 Å². The predicted octanol–water partition coefficient (Wildman–Crippen LogP) is -1.84. The molecule has 0 unspecified atom stereocenters. The van der Waals surface area contributed by atoms with Gasteiger partial charge < -0.3 is 36.3 Å². The lowest BCUT2D eigenvalue weighted by Gasteiger charge is -2.26. The lowest BCUT2D eigenvalue weighted by molar-refractivity contribution is -0.140. The Hall–Kier alpha value is -3.51. The molecule has 0 fully saturated rings. The van der Waals surface area contributed by atoms with Crippen molar-refractivity contribution in [2.45, 2.75) is 71.1 Å². The third kappa shape index (κ3) is 11.0. The summed E-state index contributed by atoms with van der Waals surface area (Å²) in [6.07, 6.45) is -1.14. The highest BCUT2D eigenvalue weighted by Crippen LogP contribution is 2.06. The highest BCUT2D eigenvalue weighted by molar-refractivity contribution is 5.94. The summed E-state index contributed by atoms with van der Waals surface area (Å²) in [4.78, 5) is 81.3. The Morgan fingerprint density at radius 2 is 1.41 bits per heavy atom. The molecule has 0 aliphatic heterocycles. The Kier molecular flexibility index (Phi) is 12.2. The second-order valence-corrected chi connectivity index (χ2v) is 7.50. The maximum atomic E-state index is 12.7. The van der Waals surface area contributed by atoms with Crippen LogP contribution in [0, 0.1) is 5.92 Å². The van der Waals surface area contributed by atoms with E-state index in [-0.39, 0.29) is 12.7 Å². The van der Waals surface area contributed by atoms with Crippen molar-refractivity contribution < 1.29 is 43.8 Å². The van der Waals surface area contributed by atoms with Crippen molar-refractivity contribution in [3.63, 3.8) is 0 Å². The first-order chi connectivity index (χ1) is 14.8. The fourth-order valence-corrected chi connectivity index (χ4v) is 2.59. The van der Waals surface area contributed by atoms with Crippen LogP contribution in [-0.4, -0.2) is 76.2 Å². The van der Waals surface area contributed by atoms with Gasteiger partial charge in [0.2, 0.25) is 23.6 Å². The molecule has 0 aliphatic carbocycles. The first-order valence-electron chi connectivity index (χ1n) is 9.85. The Bertz CT molecular complexity index is 738. The molecule has 4 atom stereocenters. The maximum Gasteiger partial charge on any atom is 0.305 e. The largest absolute Gasteiger partial charge is 0.481 e. The molecule has 13 heteroatoms. The van der Waals surface area contributed by atoms with Crippen LogP contribution in [-0.2, 0) is 33.6 Å². The van der Waals surface area contributed by atoms with Crippen LogP contribution in [0.15, 0.2) is 0 Å². The molecule has 0 spiro atoms. The molecule has 13 nitrogen and oxygen atoms in total. The lowest BCUT2D eigenvalue weighted by atomic mass is 10.0. The number of carboxylic acids is 2. The number of nitrogens with one attached hydrogen (secondary N) is 4. The van der Waals surface area contributed by atoms with Crippen molar-refractivity contribution in [3.8, 4) is 0 Å². The van der Waals surface area contributed by atoms with E-state index in [2.05, 4.69) is 21.3 Å². The van der Waals surface area contributed by atoms with Crippen LogP contribution < -0.4 is 21.3 Å². The average molecular weight is 458 g/mol. The van der Waals surface area contributed by atoms with Gasteiger partial charge in [0.25, 0.3) is 0 Å². The molecular weight excluding hydrogens is 428 g/mol. The highest BCUT2D eigenvalue weighted by Gasteiger charge is 2.31. The number of aliphatic carboxylic acids is 2. The topological polar surface area (TPSA) is 208 Å². The maximum absolute atomic E-state index is 12.7. The molecule has 180 valence electrons. The number of aldehydes is 1. The molecule has 32 heavy (non-hydrogen) atoms. The third-order valence-electron chi connectivity index (χ3n) is 4.23. The summed E-state index contributed by atoms with van der Waals surface area (Å²) in [5.41, 5.74) is 0. The number of hydrogen-bond acceptors (Lipinski definition) is 7. The zero-order valence-corrected chi connectivity index (χ0v) is 18.3. The summed E-state index contributed by atoms with van der Waals surface area (Å²) < 4.78 is 0. The Balaban J connectivity index is 5.42. The van der Waals surface area contributed by atoms with Gasteiger partial charge in [-0.1, -0.05) is 13.8 Å². The van der Waals surface area contributed by atoms with E-state index < -0.39 is 78.5 Å². The number of carbonyl (C=O) groups excluding carboxylic acids is 5. The van der Waals surface area contributed by atoms with Crippen molar-refractivity contribution in [1.29, 1.82) is 0 Å². The Morgan fingerprint density at radius 1 is 0.812 bits per heavy atom. The SMILES string of the molecule is CC(=O)N[C@@H](C)C(=O)N[C@@H](CCC(=O)O)C(=O)N[C@H](C(=O)N[C@H](C=O)CC(=O)O)C(C)C. The minimum atomic E-state index is -1.33. The number of amides is 4. The van der Waals surface area contributed by atoms with Gasteiger partial charge in [0.15, 0.2) is 0 Å². The summed E-state index contributed by atoms with van der Waals surface area (Å²) in [6.45, 7) is 5.74. The van der Waals surface area contributed by atoms with E-state index in [9.17, 15) is 33.6 Å². The molecule has 0 radical (unpaired) electrons. The molecule has 0 aromatic heterocycles. The molecule has 0 bridgehead atoms. The van der Waals surface area contributed by atoms with E-state index >= 15 is 0 Å². The minimum Gasteiger partial charge on any atom is -0.481 e. The second-order valence-electron chi connectivity index (χ2n) is 7.50. The first kappa shape index (κ1) is 28.5. The van der Waals surface area contributed by atoms with Crippen molar-refractivity contribution in [1.82, 2.24) is 21.3 Å². The van der Waals surface area contributed by atoms with Crippen LogP contribution in [0.3, 0.4) is 0 Å². The molecule has 0 saturated carbocycles. The van der Waals surface area contributed by atoms with Crippen LogP contribution in [0.2, 0.25) is 0 Å². The van der Waals surface area contributed by atoms with Crippen LogP contribution in [0.25, 0.3) is 0 Å². The summed E-state index contributed by atoms with van der Waals surface area (Å²) in [6, 6.07) is -4.83. The van der Waals surface area contributed by atoms with Gasteiger partial charge in [-0.25, -0.2) is 0 Å². The van der Waals surface area contributed by atoms with E-state index in [1.165, 1.54) is 13.8 Å². The van der Waals surface area contributed by atoms with E-state index in [1.54, 1.807) is 13.8 Å². The van der Waals surface area contributed by atoms with Gasteiger partial charge in [-0.2, -0.15) is 0 Å². The Morgan fingerprint density at radius 3 is 1.84 bits per heavy atom. The summed E-state index contributed by atoms with van der Waals surface area (Å²) >= 11 is 0. The molecule has 0 saturated heterocycles. The minimum absolute atomic E-state index is 0.254. The molecular formula is C19H30N4O9. The van der Waals surface area contributed by atoms with E-state index in [1.807, 2.05) is 0 Å². The highest BCUT2D eigenvalue weighted by atomic mass is 16.4. The monoisotopic (exact) mass is 458 g/mol. The summed E-state index contributed by atoms with van der Waals surface area (Å²) in [5, 5.41) is 27.0. The standard InChI is InChI=1S/C19H30N4O9/c1-9(2)16(19(32)21-12(8-24)7-15(28)29)23-18(31)13(5-6-14(26)27)22-17(30)10(3)20-11(4)25/h8-10,12-13,16H,5-7H2,1-4H3,(H,20,25)(H,21,32)(H,22,30)(H,23,31)(H,26,27)(H,28,29)/t10-,12-,13-,16-/m0/s1.